The van der Waals surface area contributed by atoms with Crippen LogP contribution in [0.5, 0.6) is 0 Å². The van der Waals surface area contributed by atoms with Crippen molar-refractivity contribution in [2.45, 2.75) is 57.8 Å². The van der Waals surface area contributed by atoms with E-state index in [-0.39, 0.29) is 5.91 Å². The maximum Gasteiger partial charge on any atom is 0.273 e. The summed E-state index contributed by atoms with van der Waals surface area (Å²) in [4.78, 5) is 26.9. The van der Waals surface area contributed by atoms with Gasteiger partial charge in [-0.1, -0.05) is 0 Å². The highest BCUT2D eigenvalue weighted by Gasteiger charge is 2.32. The quantitative estimate of drug-likeness (QED) is 0.509. The van der Waals surface area contributed by atoms with Crippen LogP contribution >= 0.6 is 0 Å². The molecule has 2 aliphatic heterocycles. The highest BCUT2D eigenvalue weighted by molar-refractivity contribution is 6.33. The third kappa shape index (κ3) is 4.32. The van der Waals surface area contributed by atoms with Crippen LogP contribution in [0.2, 0.25) is 0 Å². The number of hydrogen-bond acceptors (Lipinski definition) is 5. The molecule has 1 amide bonds. The lowest BCUT2D eigenvalue weighted by atomic mass is 9.97. The smallest absolute Gasteiger partial charge is 0.273 e. The van der Waals surface area contributed by atoms with Gasteiger partial charge in [0.1, 0.15) is 12.0 Å². The molecule has 4 heterocycles. The van der Waals surface area contributed by atoms with E-state index in [9.17, 15) is 4.79 Å². The van der Waals surface area contributed by atoms with Gasteiger partial charge in [-0.15, -0.1) is 0 Å². The fraction of sp³-hybridized carbons (Fsp3) is 0.500. The highest BCUT2D eigenvalue weighted by atomic mass is 16.2. The van der Waals surface area contributed by atoms with Gasteiger partial charge in [0, 0.05) is 29.3 Å². The van der Waals surface area contributed by atoms with Crippen molar-refractivity contribution in [2.24, 2.45) is 5.10 Å². The molecule has 31 heavy (non-hydrogen) atoms. The molecule has 1 aliphatic carbocycles. The molecule has 2 aromatic rings. The molecular formula is C24H30N6O. The second kappa shape index (κ2) is 8.75. The summed E-state index contributed by atoms with van der Waals surface area (Å²) in [5, 5.41) is 4.23. The average Bonchev–Trinajstić information content (AvgIpc) is 3.21. The number of unbranched alkanes of at least 4 members (excludes halogenated alkanes) is 1. The number of amides is 1. The molecule has 5 rings (SSSR count). The number of aromatic amines is 1. The Morgan fingerprint density at radius 3 is 2.68 bits per heavy atom. The summed E-state index contributed by atoms with van der Waals surface area (Å²) >= 11 is 0. The standard InChI is InChI=1S/C24H30N6O/c1-16-19(6-2-3-9-30-10-4-5-11-30)22(17-7-8-17)21(27-16)12-20-23(28-29-24(20)31)18-13-25-15-26-14-18/h12-15,17,27H,2-11H2,1H3,(H,29,31)/b20-12+. The summed E-state index contributed by atoms with van der Waals surface area (Å²) in [6.07, 6.45) is 15.6. The lowest BCUT2D eigenvalue weighted by Crippen LogP contribution is -2.20. The summed E-state index contributed by atoms with van der Waals surface area (Å²) in [5.41, 5.74) is 9.67. The third-order valence-corrected chi connectivity index (χ3v) is 6.62. The SMILES string of the molecule is Cc1[nH]c(/C=C2/C(=O)NN=C2c2cncnc2)c(C2CC2)c1CCCCN1CCCC1. The van der Waals surface area contributed by atoms with Crippen LogP contribution in [0.1, 0.15) is 72.5 Å². The molecule has 162 valence electrons. The minimum Gasteiger partial charge on any atom is -0.359 e. The van der Waals surface area contributed by atoms with Gasteiger partial charge in [0.25, 0.3) is 5.91 Å². The minimum absolute atomic E-state index is 0.181. The van der Waals surface area contributed by atoms with E-state index in [1.807, 2.05) is 6.08 Å². The molecule has 7 heteroatoms. The molecule has 0 unspecified atom stereocenters. The van der Waals surface area contributed by atoms with Crippen LogP contribution in [0.25, 0.3) is 6.08 Å². The van der Waals surface area contributed by atoms with Crippen LogP contribution in [0, 0.1) is 6.92 Å². The van der Waals surface area contributed by atoms with Crippen molar-refractivity contribution in [1.82, 2.24) is 25.3 Å². The number of hydrogen-bond donors (Lipinski definition) is 2. The zero-order valence-corrected chi connectivity index (χ0v) is 18.2. The zero-order valence-electron chi connectivity index (χ0n) is 18.2. The molecule has 3 aliphatic rings. The van der Waals surface area contributed by atoms with Gasteiger partial charge in [0.05, 0.1) is 5.57 Å². The number of aryl methyl sites for hydroxylation is 1. The molecule has 2 N–H and O–H groups in total. The maximum atomic E-state index is 12.5. The monoisotopic (exact) mass is 418 g/mol. The van der Waals surface area contributed by atoms with Crippen molar-refractivity contribution in [3.05, 3.63) is 52.4 Å². The number of hydrazone groups is 1. The molecule has 0 bridgehead atoms. The summed E-state index contributed by atoms with van der Waals surface area (Å²) in [5.74, 6) is 0.426. The number of aromatic nitrogens is 3. The van der Waals surface area contributed by atoms with E-state index in [0.717, 1.165) is 17.7 Å². The number of carbonyl (C=O) groups is 1. The average molecular weight is 419 g/mol. The van der Waals surface area contributed by atoms with Gasteiger partial charge >= 0.3 is 0 Å². The molecule has 7 nitrogen and oxygen atoms in total. The fourth-order valence-corrected chi connectivity index (χ4v) is 4.88. The predicted octanol–water partition coefficient (Wildman–Crippen LogP) is 3.33. The van der Waals surface area contributed by atoms with Crippen LogP contribution in [0.15, 0.2) is 29.4 Å². The Balaban J connectivity index is 1.37. The van der Waals surface area contributed by atoms with E-state index in [4.69, 9.17) is 0 Å². The number of nitrogens with one attached hydrogen (secondary N) is 2. The highest BCUT2D eigenvalue weighted by Crippen LogP contribution is 2.45. The number of carbonyl (C=O) groups excluding carboxylic acids is 1. The minimum atomic E-state index is -0.181. The summed E-state index contributed by atoms with van der Waals surface area (Å²) in [6, 6.07) is 0. The molecule has 2 fully saturated rings. The topological polar surface area (TPSA) is 86.3 Å². The lowest BCUT2D eigenvalue weighted by molar-refractivity contribution is -0.116. The molecule has 0 atom stereocenters. The van der Waals surface area contributed by atoms with Crippen LogP contribution in [-0.4, -0.2) is 51.1 Å². The summed E-state index contributed by atoms with van der Waals surface area (Å²) in [6.45, 7) is 5.93. The number of rotatable bonds is 8. The molecule has 2 aromatic heterocycles. The van der Waals surface area contributed by atoms with Crippen LogP contribution < -0.4 is 5.43 Å². The van der Waals surface area contributed by atoms with E-state index in [1.165, 1.54) is 81.3 Å². The molecule has 0 radical (unpaired) electrons. The number of likely N-dealkylation sites (tertiary alicyclic amines) is 1. The van der Waals surface area contributed by atoms with E-state index in [2.05, 4.69) is 37.3 Å². The Hall–Kier alpha value is -2.80. The van der Waals surface area contributed by atoms with Crippen molar-refractivity contribution < 1.29 is 4.79 Å². The Labute approximate surface area is 183 Å². The fourth-order valence-electron chi connectivity index (χ4n) is 4.88. The molecule has 1 saturated carbocycles. The van der Waals surface area contributed by atoms with Crippen LogP contribution in [0.3, 0.4) is 0 Å². The molecule has 0 spiro atoms. The van der Waals surface area contributed by atoms with Gasteiger partial charge in [0.2, 0.25) is 0 Å². The summed E-state index contributed by atoms with van der Waals surface area (Å²) < 4.78 is 0. The second-order valence-corrected chi connectivity index (χ2v) is 8.92. The second-order valence-electron chi connectivity index (χ2n) is 8.92. The van der Waals surface area contributed by atoms with Crippen molar-refractivity contribution in [2.75, 3.05) is 19.6 Å². The Kier molecular flexibility index (Phi) is 5.68. The zero-order chi connectivity index (χ0) is 21.2. The molecule has 0 aromatic carbocycles. The maximum absolute atomic E-state index is 12.5. The first-order chi connectivity index (χ1) is 15.2. The first-order valence-corrected chi connectivity index (χ1v) is 11.5. The van der Waals surface area contributed by atoms with E-state index in [1.54, 1.807) is 12.4 Å². The third-order valence-electron chi connectivity index (χ3n) is 6.62. The largest absolute Gasteiger partial charge is 0.359 e. The van der Waals surface area contributed by atoms with Crippen molar-refractivity contribution in [3.8, 4) is 0 Å². The molecular weight excluding hydrogens is 388 g/mol. The number of nitrogens with zero attached hydrogens (tertiary/aromatic N) is 4. The van der Waals surface area contributed by atoms with E-state index >= 15 is 0 Å². The predicted molar refractivity (Wildman–Crippen MR) is 121 cm³/mol. The first kappa shape index (κ1) is 20.1. The van der Waals surface area contributed by atoms with Crippen molar-refractivity contribution in [3.63, 3.8) is 0 Å². The lowest BCUT2D eigenvalue weighted by Gasteiger charge is -2.14. The Morgan fingerprint density at radius 2 is 1.94 bits per heavy atom. The van der Waals surface area contributed by atoms with Crippen molar-refractivity contribution >= 4 is 17.7 Å². The Morgan fingerprint density at radius 1 is 1.16 bits per heavy atom. The van der Waals surface area contributed by atoms with E-state index < -0.39 is 0 Å². The van der Waals surface area contributed by atoms with Gasteiger partial charge in [-0.25, -0.2) is 15.4 Å². The van der Waals surface area contributed by atoms with Gasteiger partial charge in [-0.05, 0) is 94.6 Å². The summed E-state index contributed by atoms with van der Waals surface area (Å²) in [7, 11) is 0. The van der Waals surface area contributed by atoms with Gasteiger partial charge in [-0.3, -0.25) is 4.79 Å². The van der Waals surface area contributed by atoms with Crippen molar-refractivity contribution in [1.29, 1.82) is 0 Å². The normalized spacial score (nSPS) is 20.5. The van der Waals surface area contributed by atoms with Gasteiger partial charge < -0.3 is 9.88 Å². The number of H-pyrrole nitrogens is 1. The first-order valence-electron chi connectivity index (χ1n) is 11.5. The Bertz CT molecular complexity index is 1010. The van der Waals surface area contributed by atoms with Crippen LogP contribution in [-0.2, 0) is 11.2 Å². The van der Waals surface area contributed by atoms with Gasteiger partial charge in [0.15, 0.2) is 0 Å². The van der Waals surface area contributed by atoms with Gasteiger partial charge in [-0.2, -0.15) is 5.10 Å². The molecule has 1 saturated heterocycles. The van der Waals surface area contributed by atoms with E-state index in [0.29, 0.717) is 17.2 Å². The van der Waals surface area contributed by atoms with Crippen LogP contribution in [0.4, 0.5) is 0 Å².